The first-order chi connectivity index (χ1) is 16.4. The van der Waals surface area contributed by atoms with Crippen molar-refractivity contribution in [1.29, 1.82) is 0 Å². The van der Waals surface area contributed by atoms with Gasteiger partial charge in [-0.1, -0.05) is 12.1 Å². The van der Waals surface area contributed by atoms with Crippen molar-refractivity contribution in [3.05, 3.63) is 64.8 Å². The second kappa shape index (κ2) is 8.69. The van der Waals surface area contributed by atoms with E-state index in [1.54, 1.807) is 30.6 Å². The van der Waals surface area contributed by atoms with Crippen LogP contribution in [0.3, 0.4) is 0 Å². The minimum Gasteiger partial charge on any atom is -0.451 e. The SMILES string of the molecule is CC(C)n1cnnc1-c1cccc(Nc2cccc3oc(C(=O)N4CC[C@@H](F)C4)cc(=O)c23)n1. The molecule has 0 spiro atoms. The Morgan fingerprint density at radius 1 is 1.24 bits per heavy atom. The number of anilines is 2. The number of alkyl halides is 1. The van der Waals surface area contributed by atoms with Gasteiger partial charge in [-0.05, 0) is 44.5 Å². The summed E-state index contributed by atoms with van der Waals surface area (Å²) in [5, 5.41) is 11.6. The van der Waals surface area contributed by atoms with E-state index in [4.69, 9.17) is 4.42 Å². The van der Waals surface area contributed by atoms with E-state index in [9.17, 15) is 14.0 Å². The monoisotopic (exact) mass is 462 g/mol. The summed E-state index contributed by atoms with van der Waals surface area (Å²) in [6.45, 7) is 4.37. The highest BCUT2D eigenvalue weighted by Crippen LogP contribution is 2.26. The number of halogens is 1. The van der Waals surface area contributed by atoms with Gasteiger partial charge in [-0.15, -0.1) is 10.2 Å². The fourth-order valence-electron chi connectivity index (χ4n) is 4.05. The molecule has 0 aliphatic carbocycles. The molecule has 1 aromatic carbocycles. The van der Waals surface area contributed by atoms with E-state index >= 15 is 0 Å². The number of amides is 1. The third kappa shape index (κ3) is 4.02. The van der Waals surface area contributed by atoms with Gasteiger partial charge in [-0.3, -0.25) is 9.59 Å². The van der Waals surface area contributed by atoms with Crippen molar-refractivity contribution in [2.24, 2.45) is 0 Å². The molecule has 0 radical (unpaired) electrons. The van der Waals surface area contributed by atoms with Gasteiger partial charge >= 0.3 is 0 Å². The Bertz CT molecular complexity index is 1430. The van der Waals surface area contributed by atoms with Gasteiger partial charge in [0.05, 0.1) is 17.6 Å². The second-order valence-corrected chi connectivity index (χ2v) is 8.48. The average molecular weight is 462 g/mol. The lowest BCUT2D eigenvalue weighted by Crippen LogP contribution is -2.29. The van der Waals surface area contributed by atoms with E-state index in [0.717, 1.165) is 6.07 Å². The first-order valence-electron chi connectivity index (χ1n) is 11.0. The fourth-order valence-corrected chi connectivity index (χ4v) is 4.05. The van der Waals surface area contributed by atoms with Crippen LogP contribution in [0, 0.1) is 0 Å². The predicted octanol–water partition coefficient (Wildman–Crippen LogP) is 3.96. The standard InChI is InChI=1S/C24H23FN6O3/c1-14(2)31-13-26-29-23(31)17-6-4-8-21(28-17)27-16-5-3-7-19-22(16)18(32)11-20(34-19)24(33)30-10-9-15(25)12-30/h3-8,11,13-15H,9-10,12H2,1-2H3,(H,27,28)/t15-/m1/s1. The highest BCUT2D eigenvalue weighted by molar-refractivity contribution is 5.96. The number of pyridine rings is 1. The predicted molar refractivity (Wildman–Crippen MR) is 125 cm³/mol. The Morgan fingerprint density at radius 3 is 2.82 bits per heavy atom. The first kappa shape index (κ1) is 21.7. The average Bonchev–Trinajstić information content (AvgIpc) is 3.48. The summed E-state index contributed by atoms with van der Waals surface area (Å²) in [6, 6.07) is 11.9. The fraction of sp³-hybridized carbons (Fsp3) is 0.292. The van der Waals surface area contributed by atoms with Gasteiger partial charge in [0.2, 0.25) is 0 Å². The van der Waals surface area contributed by atoms with Crippen molar-refractivity contribution >= 4 is 28.4 Å². The molecule has 3 aromatic heterocycles. The Kier molecular flexibility index (Phi) is 5.56. The molecule has 9 nitrogen and oxygen atoms in total. The van der Waals surface area contributed by atoms with Crippen LogP contribution in [-0.4, -0.2) is 49.8 Å². The molecule has 1 saturated heterocycles. The number of carbonyl (C=O) groups is 1. The van der Waals surface area contributed by atoms with Gasteiger partial charge in [0.1, 0.15) is 29.6 Å². The Hall–Kier alpha value is -4.08. The van der Waals surface area contributed by atoms with Crippen LogP contribution in [0.2, 0.25) is 0 Å². The maximum atomic E-state index is 13.5. The number of benzene rings is 1. The van der Waals surface area contributed by atoms with Crippen molar-refractivity contribution in [2.45, 2.75) is 32.5 Å². The summed E-state index contributed by atoms with van der Waals surface area (Å²) in [5.41, 5.74) is 1.00. The molecule has 10 heteroatoms. The Balaban J connectivity index is 1.48. The Labute approximate surface area is 194 Å². The van der Waals surface area contributed by atoms with Gasteiger partial charge in [0, 0.05) is 18.7 Å². The number of fused-ring (bicyclic) bond motifs is 1. The van der Waals surface area contributed by atoms with Crippen LogP contribution in [0.25, 0.3) is 22.5 Å². The second-order valence-electron chi connectivity index (χ2n) is 8.48. The summed E-state index contributed by atoms with van der Waals surface area (Å²) in [5.74, 6) is 0.559. The van der Waals surface area contributed by atoms with E-state index < -0.39 is 12.1 Å². The number of nitrogens with one attached hydrogen (secondary N) is 1. The lowest BCUT2D eigenvalue weighted by atomic mass is 10.1. The maximum Gasteiger partial charge on any atom is 0.289 e. The molecule has 1 N–H and O–H groups in total. The van der Waals surface area contributed by atoms with Gasteiger partial charge in [0.15, 0.2) is 17.0 Å². The van der Waals surface area contributed by atoms with Gasteiger partial charge in [0.25, 0.3) is 5.91 Å². The summed E-state index contributed by atoms with van der Waals surface area (Å²) in [7, 11) is 0. The number of hydrogen-bond donors (Lipinski definition) is 1. The molecule has 1 aliphatic rings. The number of rotatable bonds is 5. The van der Waals surface area contributed by atoms with Crippen LogP contribution >= 0.6 is 0 Å². The van der Waals surface area contributed by atoms with Crippen molar-refractivity contribution < 1.29 is 13.6 Å². The Morgan fingerprint density at radius 2 is 2.06 bits per heavy atom. The summed E-state index contributed by atoms with van der Waals surface area (Å²) < 4.78 is 21.2. The molecule has 0 unspecified atom stereocenters. The molecule has 5 rings (SSSR count). The van der Waals surface area contributed by atoms with Crippen molar-refractivity contribution in [1.82, 2.24) is 24.6 Å². The van der Waals surface area contributed by atoms with Crippen molar-refractivity contribution in [3.63, 3.8) is 0 Å². The van der Waals surface area contributed by atoms with Crippen LogP contribution < -0.4 is 10.7 Å². The molecule has 1 fully saturated rings. The van der Waals surface area contributed by atoms with E-state index in [1.165, 1.54) is 4.90 Å². The third-order valence-corrected chi connectivity index (χ3v) is 5.75. The smallest absolute Gasteiger partial charge is 0.289 e. The maximum absolute atomic E-state index is 13.5. The van der Waals surface area contributed by atoms with Gasteiger partial charge in [-0.2, -0.15) is 0 Å². The molecule has 1 atom stereocenters. The quantitative estimate of drug-likeness (QED) is 0.479. The summed E-state index contributed by atoms with van der Waals surface area (Å²) in [4.78, 5) is 31.7. The zero-order valence-corrected chi connectivity index (χ0v) is 18.7. The molecule has 174 valence electrons. The van der Waals surface area contributed by atoms with Crippen LogP contribution in [0.15, 0.2) is 58.0 Å². The largest absolute Gasteiger partial charge is 0.451 e. The first-order valence-corrected chi connectivity index (χ1v) is 11.0. The van der Waals surface area contributed by atoms with E-state index in [2.05, 4.69) is 20.5 Å². The highest BCUT2D eigenvalue weighted by Gasteiger charge is 2.28. The van der Waals surface area contributed by atoms with Crippen LogP contribution in [0.4, 0.5) is 15.9 Å². The third-order valence-electron chi connectivity index (χ3n) is 5.75. The molecule has 0 bridgehead atoms. The van der Waals surface area contributed by atoms with E-state index in [-0.39, 0.29) is 35.8 Å². The lowest BCUT2D eigenvalue weighted by Gasteiger charge is -2.15. The molecule has 1 aliphatic heterocycles. The zero-order valence-electron chi connectivity index (χ0n) is 18.7. The summed E-state index contributed by atoms with van der Waals surface area (Å²) in [6.07, 6.45) is 0.897. The molecule has 4 aromatic rings. The van der Waals surface area contributed by atoms with Gasteiger partial charge < -0.3 is 19.2 Å². The molecular formula is C24H23FN6O3. The zero-order chi connectivity index (χ0) is 23.8. The number of likely N-dealkylation sites (tertiary alicyclic amines) is 1. The van der Waals surface area contributed by atoms with Crippen LogP contribution in [0.5, 0.6) is 0 Å². The van der Waals surface area contributed by atoms with Crippen molar-refractivity contribution in [3.8, 4) is 11.5 Å². The molecule has 4 heterocycles. The molecule has 1 amide bonds. The topological polar surface area (TPSA) is 106 Å². The number of nitrogens with zero attached hydrogens (tertiary/aromatic N) is 5. The minimum atomic E-state index is -1.05. The number of aromatic nitrogens is 4. The van der Waals surface area contributed by atoms with Crippen LogP contribution in [0.1, 0.15) is 36.9 Å². The minimum absolute atomic E-state index is 0.00869. The molecule has 0 saturated carbocycles. The number of carbonyl (C=O) groups excluding carboxylic acids is 1. The van der Waals surface area contributed by atoms with E-state index in [1.807, 2.05) is 30.5 Å². The van der Waals surface area contributed by atoms with Crippen LogP contribution in [-0.2, 0) is 0 Å². The molecular weight excluding hydrogens is 439 g/mol. The van der Waals surface area contributed by atoms with Crippen molar-refractivity contribution in [2.75, 3.05) is 18.4 Å². The highest BCUT2D eigenvalue weighted by atomic mass is 19.1. The normalized spacial score (nSPS) is 15.9. The molecule has 34 heavy (non-hydrogen) atoms. The summed E-state index contributed by atoms with van der Waals surface area (Å²) >= 11 is 0. The van der Waals surface area contributed by atoms with E-state index in [0.29, 0.717) is 35.0 Å². The number of hydrogen-bond acceptors (Lipinski definition) is 7. The lowest BCUT2D eigenvalue weighted by molar-refractivity contribution is 0.0752. The van der Waals surface area contributed by atoms with Gasteiger partial charge in [-0.25, -0.2) is 9.37 Å².